The molecule has 0 radical (unpaired) electrons. The molecule has 1 saturated heterocycles. The minimum Gasteiger partial charge on any atom is -0.335 e. The number of carbonyl (C=O) groups excluding carboxylic acids is 1. The fourth-order valence-electron chi connectivity index (χ4n) is 4.81. The maximum Gasteiger partial charge on any atom is 0.230 e. The van der Waals surface area contributed by atoms with Crippen molar-refractivity contribution in [3.63, 3.8) is 0 Å². The van der Waals surface area contributed by atoms with Gasteiger partial charge in [-0.15, -0.1) is 0 Å². The Labute approximate surface area is 149 Å². The van der Waals surface area contributed by atoms with Crippen molar-refractivity contribution < 1.29 is 4.79 Å². The number of hydrogen-bond donors (Lipinski definition) is 0. The first kappa shape index (κ1) is 16.4. The lowest BCUT2D eigenvalue weighted by Crippen LogP contribution is -2.36. The summed E-state index contributed by atoms with van der Waals surface area (Å²) in [6.45, 7) is 5.06. The summed E-state index contributed by atoms with van der Waals surface area (Å²) in [7, 11) is 1.99. The number of hydrogen-bond acceptors (Lipinski definition) is 2. The molecule has 1 aliphatic heterocycles. The molecule has 4 nitrogen and oxygen atoms in total. The number of rotatable bonds is 2. The lowest BCUT2D eigenvalue weighted by atomic mass is 9.82. The molecule has 1 aliphatic carbocycles. The summed E-state index contributed by atoms with van der Waals surface area (Å²) in [5, 5.41) is 4.58. The van der Waals surface area contributed by atoms with Crippen molar-refractivity contribution in [2.24, 2.45) is 7.05 Å². The third-order valence-corrected chi connectivity index (χ3v) is 6.10. The monoisotopic (exact) mass is 337 g/mol. The van der Waals surface area contributed by atoms with Crippen molar-refractivity contribution >= 4 is 5.91 Å². The smallest absolute Gasteiger partial charge is 0.230 e. The number of amides is 1. The molecule has 0 spiro atoms. The Morgan fingerprint density at radius 1 is 1.16 bits per heavy atom. The van der Waals surface area contributed by atoms with Crippen LogP contribution in [-0.2, 0) is 18.3 Å². The second kappa shape index (κ2) is 6.32. The predicted molar refractivity (Wildman–Crippen MR) is 98.5 cm³/mol. The minimum absolute atomic E-state index is 0.0304. The highest BCUT2D eigenvalue weighted by Crippen LogP contribution is 2.40. The van der Waals surface area contributed by atoms with Crippen LogP contribution in [0.3, 0.4) is 0 Å². The summed E-state index contributed by atoms with van der Waals surface area (Å²) in [4.78, 5) is 15.6. The van der Waals surface area contributed by atoms with Gasteiger partial charge in [0.1, 0.15) is 0 Å². The highest BCUT2D eigenvalue weighted by atomic mass is 16.2. The number of aromatic nitrogens is 2. The van der Waals surface area contributed by atoms with E-state index in [1.54, 1.807) is 0 Å². The fraction of sp³-hybridized carbons (Fsp3) is 0.524. The van der Waals surface area contributed by atoms with Gasteiger partial charge in [-0.2, -0.15) is 5.10 Å². The van der Waals surface area contributed by atoms with Gasteiger partial charge in [-0.25, -0.2) is 0 Å². The Morgan fingerprint density at radius 2 is 1.96 bits per heavy atom. The summed E-state index contributed by atoms with van der Waals surface area (Å²) >= 11 is 0. The van der Waals surface area contributed by atoms with Crippen LogP contribution in [0.4, 0.5) is 0 Å². The largest absolute Gasteiger partial charge is 0.335 e. The van der Waals surface area contributed by atoms with Gasteiger partial charge in [0.2, 0.25) is 5.91 Å². The summed E-state index contributed by atoms with van der Waals surface area (Å²) in [5.41, 5.74) is 6.12. The first-order valence-corrected chi connectivity index (χ1v) is 9.46. The van der Waals surface area contributed by atoms with E-state index in [0.717, 1.165) is 44.3 Å². The van der Waals surface area contributed by atoms with E-state index in [2.05, 4.69) is 48.1 Å². The zero-order valence-corrected chi connectivity index (χ0v) is 15.5. The van der Waals surface area contributed by atoms with E-state index in [1.165, 1.54) is 22.4 Å². The molecule has 0 bridgehead atoms. The van der Waals surface area contributed by atoms with Crippen LogP contribution in [0.1, 0.15) is 65.7 Å². The summed E-state index contributed by atoms with van der Waals surface area (Å²) < 4.78 is 1.95. The molecular weight excluding hydrogens is 310 g/mol. The van der Waals surface area contributed by atoms with E-state index in [1.807, 2.05) is 11.7 Å². The number of aryl methyl sites for hydroxylation is 3. The van der Waals surface area contributed by atoms with Crippen LogP contribution in [0.2, 0.25) is 0 Å². The minimum atomic E-state index is 0.0304. The van der Waals surface area contributed by atoms with Gasteiger partial charge in [-0.05, 0) is 57.1 Å². The van der Waals surface area contributed by atoms with Gasteiger partial charge in [0.05, 0.1) is 17.7 Å². The van der Waals surface area contributed by atoms with Crippen LogP contribution >= 0.6 is 0 Å². The van der Waals surface area contributed by atoms with Crippen molar-refractivity contribution in [3.05, 3.63) is 52.3 Å². The van der Waals surface area contributed by atoms with Crippen LogP contribution in [0, 0.1) is 13.8 Å². The van der Waals surface area contributed by atoms with Gasteiger partial charge < -0.3 is 4.90 Å². The maximum absolute atomic E-state index is 13.5. The molecule has 2 aliphatic rings. The van der Waals surface area contributed by atoms with Crippen LogP contribution < -0.4 is 0 Å². The quantitative estimate of drug-likeness (QED) is 0.835. The van der Waals surface area contributed by atoms with Crippen LogP contribution in [0.25, 0.3) is 0 Å². The van der Waals surface area contributed by atoms with E-state index in [-0.39, 0.29) is 12.0 Å². The highest BCUT2D eigenvalue weighted by molar-refractivity contribution is 5.85. The Hall–Kier alpha value is -2.10. The van der Waals surface area contributed by atoms with Crippen molar-refractivity contribution in [1.82, 2.24) is 14.7 Å². The van der Waals surface area contributed by atoms with E-state index in [4.69, 9.17) is 0 Å². The van der Waals surface area contributed by atoms with Crippen molar-refractivity contribution in [1.29, 1.82) is 0 Å². The third kappa shape index (κ3) is 2.68. The lowest BCUT2D eigenvalue weighted by molar-refractivity contribution is -0.134. The summed E-state index contributed by atoms with van der Waals surface area (Å²) in [5.74, 6) is 0.347. The molecule has 0 saturated carbocycles. The van der Waals surface area contributed by atoms with Gasteiger partial charge >= 0.3 is 0 Å². The molecule has 25 heavy (non-hydrogen) atoms. The first-order valence-electron chi connectivity index (χ1n) is 9.46. The molecule has 4 heteroatoms. The average Bonchev–Trinajstić information content (AvgIpc) is 3.18. The molecule has 132 valence electrons. The van der Waals surface area contributed by atoms with Gasteiger partial charge in [-0.1, -0.05) is 24.3 Å². The molecule has 1 aromatic heterocycles. The SMILES string of the molecule is Cc1nn(C)c(C)c1[C@H]1CCCN1C(=O)[C@H]1CCCc2ccccc21. The van der Waals surface area contributed by atoms with Crippen LogP contribution in [0.15, 0.2) is 24.3 Å². The van der Waals surface area contributed by atoms with E-state index >= 15 is 0 Å². The second-order valence-electron chi connectivity index (χ2n) is 7.54. The molecule has 1 amide bonds. The van der Waals surface area contributed by atoms with Gasteiger partial charge in [0.15, 0.2) is 0 Å². The predicted octanol–water partition coefficient (Wildman–Crippen LogP) is 3.82. The Morgan fingerprint density at radius 3 is 2.72 bits per heavy atom. The molecule has 2 aromatic rings. The zero-order valence-electron chi connectivity index (χ0n) is 15.5. The van der Waals surface area contributed by atoms with E-state index in [0.29, 0.717) is 5.91 Å². The molecule has 0 unspecified atom stereocenters. The molecule has 0 N–H and O–H groups in total. The second-order valence-corrected chi connectivity index (χ2v) is 7.54. The van der Waals surface area contributed by atoms with Crippen LogP contribution in [0.5, 0.6) is 0 Å². The fourth-order valence-corrected chi connectivity index (χ4v) is 4.81. The van der Waals surface area contributed by atoms with Gasteiger partial charge in [0.25, 0.3) is 0 Å². The molecule has 2 atom stereocenters. The van der Waals surface area contributed by atoms with E-state index < -0.39 is 0 Å². The van der Waals surface area contributed by atoms with Gasteiger partial charge in [-0.3, -0.25) is 9.48 Å². The van der Waals surface area contributed by atoms with Crippen LogP contribution in [-0.4, -0.2) is 27.1 Å². The Balaban J connectivity index is 1.66. The lowest BCUT2D eigenvalue weighted by Gasteiger charge is -2.32. The number of fused-ring (bicyclic) bond motifs is 1. The molecule has 4 rings (SSSR count). The van der Waals surface area contributed by atoms with Crippen molar-refractivity contribution in [2.75, 3.05) is 6.54 Å². The number of nitrogens with zero attached hydrogens (tertiary/aromatic N) is 3. The summed E-state index contributed by atoms with van der Waals surface area (Å²) in [6.07, 6.45) is 5.32. The first-order chi connectivity index (χ1) is 12.1. The third-order valence-electron chi connectivity index (χ3n) is 6.10. The normalized spacial score (nSPS) is 22.9. The number of likely N-dealkylation sites (tertiary alicyclic amines) is 1. The van der Waals surface area contributed by atoms with Crippen molar-refractivity contribution in [2.45, 2.75) is 57.9 Å². The highest BCUT2D eigenvalue weighted by Gasteiger charge is 2.38. The van der Waals surface area contributed by atoms with Crippen molar-refractivity contribution in [3.8, 4) is 0 Å². The Kier molecular flexibility index (Phi) is 4.14. The van der Waals surface area contributed by atoms with E-state index in [9.17, 15) is 4.79 Å². The standard InChI is InChI=1S/C21H27N3O/c1-14-20(15(2)23(3)22-14)19-12-7-13-24(19)21(25)18-11-6-9-16-8-4-5-10-17(16)18/h4-5,8,10,18-19H,6-7,9,11-13H2,1-3H3/t18-,19+/m0/s1. The van der Waals surface area contributed by atoms with Gasteiger partial charge in [0, 0.05) is 24.8 Å². The number of benzene rings is 1. The number of carbonyl (C=O) groups is 1. The average molecular weight is 337 g/mol. The molecule has 2 heterocycles. The topological polar surface area (TPSA) is 38.1 Å². The molecule has 1 fully saturated rings. The Bertz CT molecular complexity index is 807. The summed E-state index contributed by atoms with van der Waals surface area (Å²) in [6, 6.07) is 8.69. The zero-order chi connectivity index (χ0) is 17.6. The molecular formula is C21H27N3O. The molecule has 1 aromatic carbocycles. The maximum atomic E-state index is 13.5.